The number of carbonyl (C=O) groups is 4. The molecule has 142 valence electrons. The first-order valence-electron chi connectivity index (χ1n) is 8.89. The molecule has 1 aromatic carbocycles. The summed E-state index contributed by atoms with van der Waals surface area (Å²) in [5, 5.41) is 2.65. The van der Waals surface area contributed by atoms with Gasteiger partial charge in [-0.3, -0.25) is 24.1 Å². The average Bonchev–Trinajstić information content (AvgIpc) is 2.88. The molecule has 1 aliphatic carbocycles. The summed E-state index contributed by atoms with van der Waals surface area (Å²) in [6.45, 7) is 2.97. The van der Waals surface area contributed by atoms with E-state index < -0.39 is 25.0 Å². The molecule has 1 heterocycles. The van der Waals surface area contributed by atoms with Crippen LogP contribution in [0.5, 0.6) is 0 Å². The van der Waals surface area contributed by atoms with E-state index in [9.17, 15) is 19.2 Å². The molecule has 7 nitrogen and oxygen atoms in total. The number of esters is 1. The molecule has 1 aliphatic heterocycles. The van der Waals surface area contributed by atoms with E-state index >= 15 is 0 Å². The highest BCUT2D eigenvalue weighted by atomic mass is 16.5. The molecule has 2 aliphatic rings. The van der Waals surface area contributed by atoms with E-state index in [1.165, 1.54) is 0 Å². The third-order valence-electron chi connectivity index (χ3n) is 5.04. The van der Waals surface area contributed by atoms with Gasteiger partial charge in [0.25, 0.3) is 5.91 Å². The van der Waals surface area contributed by atoms with Crippen molar-refractivity contribution in [3.8, 4) is 0 Å². The molecule has 1 N–H and O–H groups in total. The number of allylic oxidation sites excluding steroid dienone is 2. The molecular weight excluding hydrogens is 348 g/mol. The highest BCUT2D eigenvalue weighted by Gasteiger charge is 2.47. The zero-order chi connectivity index (χ0) is 19.6. The molecule has 27 heavy (non-hydrogen) atoms. The summed E-state index contributed by atoms with van der Waals surface area (Å²) in [6.07, 6.45) is 4.79. The molecule has 0 radical (unpaired) electrons. The molecule has 0 bridgehead atoms. The molecule has 3 amide bonds. The van der Waals surface area contributed by atoms with Gasteiger partial charge < -0.3 is 10.1 Å². The molecule has 0 saturated carbocycles. The predicted molar refractivity (Wildman–Crippen MR) is 97.6 cm³/mol. The van der Waals surface area contributed by atoms with Crippen molar-refractivity contribution in [1.29, 1.82) is 0 Å². The van der Waals surface area contributed by atoms with Crippen LogP contribution in [-0.4, -0.2) is 41.7 Å². The third kappa shape index (κ3) is 4.07. The summed E-state index contributed by atoms with van der Waals surface area (Å²) >= 11 is 0. The van der Waals surface area contributed by atoms with Crippen LogP contribution in [0.3, 0.4) is 0 Å². The third-order valence-corrected chi connectivity index (χ3v) is 5.04. The highest BCUT2D eigenvalue weighted by molar-refractivity contribution is 6.07. The number of amides is 3. The standard InChI is InChI=1S/C20H22N2O5/c1-12-7-8-14(9-13(12)2)21-17(23)11-27-18(24)10-22-19(25)15-5-3-4-6-16(15)20(22)26/h3-4,7-9,15-16H,5-6,10-11H2,1-2H3,(H,21,23). The van der Waals surface area contributed by atoms with Crippen LogP contribution in [0.15, 0.2) is 30.4 Å². The number of ether oxygens (including phenoxy) is 1. The number of aryl methyl sites for hydroxylation is 2. The van der Waals surface area contributed by atoms with Crippen molar-refractivity contribution in [3.63, 3.8) is 0 Å². The predicted octanol–water partition coefficient (Wildman–Crippen LogP) is 1.74. The zero-order valence-electron chi connectivity index (χ0n) is 15.4. The van der Waals surface area contributed by atoms with Gasteiger partial charge in [0.15, 0.2) is 6.61 Å². The van der Waals surface area contributed by atoms with Crippen LogP contribution in [0.2, 0.25) is 0 Å². The summed E-state index contributed by atoms with van der Waals surface area (Å²) < 4.78 is 4.93. The van der Waals surface area contributed by atoms with E-state index in [0.717, 1.165) is 16.0 Å². The lowest BCUT2D eigenvalue weighted by molar-refractivity contribution is -0.154. The molecule has 2 atom stereocenters. The van der Waals surface area contributed by atoms with E-state index in [-0.39, 0.29) is 23.7 Å². The van der Waals surface area contributed by atoms with Gasteiger partial charge in [0.2, 0.25) is 11.8 Å². The lowest BCUT2D eigenvalue weighted by Gasteiger charge is -2.14. The van der Waals surface area contributed by atoms with Gasteiger partial charge in [-0.1, -0.05) is 18.2 Å². The Morgan fingerprint density at radius 2 is 1.70 bits per heavy atom. The van der Waals surface area contributed by atoms with E-state index in [4.69, 9.17) is 4.74 Å². The van der Waals surface area contributed by atoms with Gasteiger partial charge in [0.05, 0.1) is 11.8 Å². The second-order valence-corrected chi connectivity index (χ2v) is 6.93. The smallest absolute Gasteiger partial charge is 0.326 e. The zero-order valence-corrected chi connectivity index (χ0v) is 15.4. The van der Waals surface area contributed by atoms with Crippen molar-refractivity contribution in [1.82, 2.24) is 4.90 Å². The Hall–Kier alpha value is -2.96. The number of nitrogens with one attached hydrogen (secondary N) is 1. The van der Waals surface area contributed by atoms with Crippen molar-refractivity contribution < 1.29 is 23.9 Å². The Labute approximate surface area is 157 Å². The summed E-state index contributed by atoms with van der Waals surface area (Å²) in [5.74, 6) is -2.72. The maximum Gasteiger partial charge on any atom is 0.326 e. The first kappa shape index (κ1) is 18.8. The average molecular weight is 370 g/mol. The molecule has 3 rings (SSSR count). The van der Waals surface area contributed by atoms with Gasteiger partial charge in [0.1, 0.15) is 6.54 Å². The summed E-state index contributed by atoms with van der Waals surface area (Å²) in [7, 11) is 0. The molecule has 1 aromatic rings. The first-order valence-corrected chi connectivity index (χ1v) is 8.89. The van der Waals surface area contributed by atoms with Gasteiger partial charge >= 0.3 is 5.97 Å². The van der Waals surface area contributed by atoms with Crippen LogP contribution in [0, 0.1) is 25.7 Å². The maximum atomic E-state index is 12.3. The summed E-state index contributed by atoms with van der Waals surface area (Å²) in [6, 6.07) is 5.47. The summed E-state index contributed by atoms with van der Waals surface area (Å²) in [4.78, 5) is 49.5. The fourth-order valence-electron chi connectivity index (χ4n) is 3.36. The number of rotatable bonds is 5. The number of carbonyl (C=O) groups excluding carboxylic acids is 4. The number of imide groups is 1. The number of fused-ring (bicyclic) bond motifs is 1. The molecule has 1 fully saturated rings. The second-order valence-electron chi connectivity index (χ2n) is 6.93. The molecular formula is C20H22N2O5. The number of anilines is 1. The number of likely N-dealkylation sites (tertiary alicyclic amines) is 1. The van der Waals surface area contributed by atoms with E-state index in [1.807, 2.05) is 38.1 Å². The van der Waals surface area contributed by atoms with Crippen molar-refractivity contribution >= 4 is 29.4 Å². The fourth-order valence-corrected chi connectivity index (χ4v) is 3.36. The normalized spacial score (nSPS) is 21.2. The first-order chi connectivity index (χ1) is 12.9. The van der Waals surface area contributed by atoms with Crippen LogP contribution < -0.4 is 5.32 Å². The van der Waals surface area contributed by atoms with Gasteiger partial charge in [0, 0.05) is 5.69 Å². The van der Waals surface area contributed by atoms with Gasteiger partial charge in [-0.05, 0) is 49.9 Å². The molecule has 0 spiro atoms. The number of hydrogen-bond donors (Lipinski definition) is 1. The fraction of sp³-hybridized carbons (Fsp3) is 0.400. The number of hydrogen-bond acceptors (Lipinski definition) is 5. The van der Waals surface area contributed by atoms with Crippen LogP contribution in [0.1, 0.15) is 24.0 Å². The van der Waals surface area contributed by atoms with Gasteiger partial charge in [-0.15, -0.1) is 0 Å². The van der Waals surface area contributed by atoms with Crippen LogP contribution in [0.25, 0.3) is 0 Å². The van der Waals surface area contributed by atoms with Crippen molar-refractivity contribution in [3.05, 3.63) is 41.5 Å². The highest BCUT2D eigenvalue weighted by Crippen LogP contribution is 2.34. The van der Waals surface area contributed by atoms with Gasteiger partial charge in [-0.2, -0.15) is 0 Å². The van der Waals surface area contributed by atoms with Crippen molar-refractivity contribution in [2.24, 2.45) is 11.8 Å². The van der Waals surface area contributed by atoms with Crippen LogP contribution in [-0.2, 0) is 23.9 Å². The Bertz CT molecular complexity index is 804. The molecule has 7 heteroatoms. The van der Waals surface area contributed by atoms with E-state index in [0.29, 0.717) is 18.5 Å². The second kappa shape index (κ2) is 7.73. The lowest BCUT2D eigenvalue weighted by atomic mass is 9.85. The Morgan fingerprint density at radius 1 is 1.07 bits per heavy atom. The lowest BCUT2D eigenvalue weighted by Crippen LogP contribution is -2.37. The number of benzene rings is 1. The topological polar surface area (TPSA) is 92.8 Å². The Balaban J connectivity index is 1.49. The molecule has 2 unspecified atom stereocenters. The van der Waals surface area contributed by atoms with E-state index in [2.05, 4.69) is 5.32 Å². The molecule has 0 aromatic heterocycles. The Kier molecular flexibility index (Phi) is 5.39. The maximum absolute atomic E-state index is 12.3. The minimum atomic E-state index is -0.779. The van der Waals surface area contributed by atoms with Crippen LogP contribution in [0.4, 0.5) is 5.69 Å². The SMILES string of the molecule is Cc1ccc(NC(=O)COC(=O)CN2C(=O)C3CC=CCC3C2=O)cc1C. The van der Waals surface area contributed by atoms with Crippen molar-refractivity contribution in [2.75, 3.05) is 18.5 Å². The Morgan fingerprint density at radius 3 is 2.30 bits per heavy atom. The van der Waals surface area contributed by atoms with E-state index in [1.54, 1.807) is 6.07 Å². The summed E-state index contributed by atoms with van der Waals surface area (Å²) in [5.41, 5.74) is 2.75. The minimum Gasteiger partial charge on any atom is -0.454 e. The van der Waals surface area contributed by atoms with Crippen LogP contribution >= 0.6 is 0 Å². The largest absolute Gasteiger partial charge is 0.454 e. The van der Waals surface area contributed by atoms with Crippen molar-refractivity contribution in [2.45, 2.75) is 26.7 Å². The monoisotopic (exact) mass is 370 g/mol. The quantitative estimate of drug-likeness (QED) is 0.484. The molecule has 1 saturated heterocycles. The number of nitrogens with zero attached hydrogens (tertiary/aromatic N) is 1. The van der Waals surface area contributed by atoms with Gasteiger partial charge in [-0.25, -0.2) is 0 Å². The minimum absolute atomic E-state index is 0.342.